The predicted molar refractivity (Wildman–Crippen MR) is 86.2 cm³/mol. The zero-order valence-corrected chi connectivity index (χ0v) is 12.4. The Morgan fingerprint density at radius 3 is 2.48 bits per heavy atom. The molecular weight excluding hydrogens is 286 g/mol. The molecule has 2 aromatic carbocycles. The summed E-state index contributed by atoms with van der Waals surface area (Å²) in [4.78, 5) is 16.2. The number of rotatable bonds is 4. The number of aliphatic imine (C=N–C) groups is 1. The fourth-order valence-electron chi connectivity index (χ4n) is 2.04. The first-order chi connectivity index (χ1) is 10.0. The van der Waals surface area contributed by atoms with E-state index >= 15 is 0 Å². The van der Waals surface area contributed by atoms with E-state index in [1.807, 2.05) is 37.3 Å². The van der Waals surface area contributed by atoms with E-state index in [9.17, 15) is 4.79 Å². The van der Waals surface area contributed by atoms with Crippen LogP contribution in [-0.2, 0) is 6.54 Å². The molecule has 0 saturated heterocycles. The number of carbonyl (C=O) groups is 1. The highest BCUT2D eigenvalue weighted by atomic mass is 35.5. The molecule has 1 amide bonds. The Hall–Kier alpha value is -2.17. The van der Waals surface area contributed by atoms with Crippen molar-refractivity contribution in [1.29, 1.82) is 0 Å². The van der Waals surface area contributed by atoms with Crippen LogP contribution in [0.25, 0.3) is 0 Å². The normalized spacial score (nSPS) is 11.5. The van der Waals surface area contributed by atoms with Crippen LogP contribution in [0.5, 0.6) is 0 Å². The summed E-state index contributed by atoms with van der Waals surface area (Å²) in [5.74, 6) is -0.577. The first-order valence-electron chi connectivity index (χ1n) is 6.46. The molecule has 108 valence electrons. The van der Waals surface area contributed by atoms with E-state index in [0.29, 0.717) is 16.3 Å². The smallest absolute Gasteiger partial charge is 0.250 e. The Labute approximate surface area is 128 Å². The summed E-state index contributed by atoms with van der Waals surface area (Å²) in [7, 11) is 0. The van der Waals surface area contributed by atoms with E-state index in [1.54, 1.807) is 6.07 Å². The molecule has 4 N–H and O–H groups in total. The van der Waals surface area contributed by atoms with Crippen LogP contribution < -0.4 is 11.5 Å². The third-order valence-corrected chi connectivity index (χ3v) is 3.33. The molecule has 5 heteroatoms. The number of hydrogen-bond donors (Lipinski definition) is 2. The first-order valence-corrected chi connectivity index (χ1v) is 6.83. The molecule has 0 aliphatic heterocycles. The van der Waals surface area contributed by atoms with E-state index in [-0.39, 0.29) is 12.1 Å². The van der Waals surface area contributed by atoms with Gasteiger partial charge in [0.1, 0.15) is 0 Å². The van der Waals surface area contributed by atoms with Crippen LogP contribution in [0.15, 0.2) is 47.5 Å². The highest BCUT2D eigenvalue weighted by Crippen LogP contribution is 2.29. The molecule has 0 unspecified atom stereocenters. The minimum atomic E-state index is -0.577. The van der Waals surface area contributed by atoms with Gasteiger partial charge in [0, 0.05) is 17.3 Å². The van der Waals surface area contributed by atoms with Gasteiger partial charge in [-0.3, -0.25) is 9.79 Å². The lowest BCUT2D eigenvalue weighted by Gasteiger charge is -2.10. The van der Waals surface area contributed by atoms with Gasteiger partial charge in [-0.15, -0.1) is 0 Å². The molecule has 0 fully saturated rings. The molecule has 0 saturated carbocycles. The van der Waals surface area contributed by atoms with E-state index in [2.05, 4.69) is 4.99 Å². The number of amides is 1. The second-order valence-corrected chi connectivity index (χ2v) is 5.03. The van der Waals surface area contributed by atoms with Gasteiger partial charge in [0.25, 0.3) is 5.91 Å². The maximum atomic E-state index is 11.6. The van der Waals surface area contributed by atoms with Crippen LogP contribution in [-0.4, -0.2) is 11.6 Å². The van der Waals surface area contributed by atoms with Crippen molar-refractivity contribution >= 4 is 28.9 Å². The van der Waals surface area contributed by atoms with Crippen LogP contribution in [0.1, 0.15) is 28.4 Å². The highest BCUT2D eigenvalue weighted by molar-refractivity contribution is 6.31. The SMILES string of the molecule is CC(=Nc1c(CN)cc(Cl)cc1C(N)=O)c1ccccc1. The molecule has 0 heterocycles. The lowest BCUT2D eigenvalue weighted by Crippen LogP contribution is -2.13. The Balaban J connectivity index is 2.60. The van der Waals surface area contributed by atoms with Gasteiger partial charge in [-0.2, -0.15) is 0 Å². The predicted octanol–water partition coefficient (Wildman–Crippen LogP) is 3.04. The lowest BCUT2D eigenvalue weighted by atomic mass is 10.1. The van der Waals surface area contributed by atoms with E-state index in [0.717, 1.165) is 11.3 Å². The van der Waals surface area contributed by atoms with E-state index in [4.69, 9.17) is 23.1 Å². The monoisotopic (exact) mass is 301 g/mol. The van der Waals surface area contributed by atoms with Gasteiger partial charge in [0.15, 0.2) is 0 Å². The average molecular weight is 302 g/mol. The van der Waals surface area contributed by atoms with Gasteiger partial charge in [0.05, 0.1) is 11.3 Å². The molecule has 0 atom stereocenters. The van der Waals surface area contributed by atoms with Crippen molar-refractivity contribution in [2.24, 2.45) is 16.5 Å². The number of benzene rings is 2. The van der Waals surface area contributed by atoms with Crippen LogP contribution in [0.2, 0.25) is 5.02 Å². The largest absolute Gasteiger partial charge is 0.366 e. The summed E-state index contributed by atoms with van der Waals surface area (Å²) in [5.41, 5.74) is 14.3. The first kappa shape index (κ1) is 15.2. The molecule has 2 rings (SSSR count). The Bertz CT molecular complexity index is 696. The zero-order valence-electron chi connectivity index (χ0n) is 11.6. The van der Waals surface area contributed by atoms with Gasteiger partial charge in [-0.05, 0) is 30.2 Å². The fraction of sp³-hybridized carbons (Fsp3) is 0.125. The molecule has 0 aliphatic carbocycles. The third-order valence-electron chi connectivity index (χ3n) is 3.11. The van der Waals surface area contributed by atoms with Crippen molar-refractivity contribution < 1.29 is 4.79 Å². The topological polar surface area (TPSA) is 81.5 Å². The molecule has 0 bridgehead atoms. The van der Waals surface area contributed by atoms with Gasteiger partial charge in [-0.25, -0.2) is 0 Å². The van der Waals surface area contributed by atoms with Crippen molar-refractivity contribution in [2.45, 2.75) is 13.5 Å². The zero-order chi connectivity index (χ0) is 15.4. The highest BCUT2D eigenvalue weighted by Gasteiger charge is 2.14. The standard InChI is InChI=1S/C16H16ClN3O/c1-10(11-5-3-2-4-6-11)20-15-12(9-18)7-13(17)8-14(15)16(19)21/h2-8H,9,18H2,1H3,(H2,19,21). The fourth-order valence-corrected chi connectivity index (χ4v) is 2.28. The molecule has 21 heavy (non-hydrogen) atoms. The van der Waals surface area contributed by atoms with Crippen molar-refractivity contribution in [1.82, 2.24) is 0 Å². The summed E-state index contributed by atoms with van der Waals surface area (Å²) < 4.78 is 0. The van der Waals surface area contributed by atoms with Crippen LogP contribution >= 0.6 is 11.6 Å². The van der Waals surface area contributed by atoms with Gasteiger partial charge >= 0.3 is 0 Å². The summed E-state index contributed by atoms with van der Waals surface area (Å²) in [5, 5.41) is 0.417. The van der Waals surface area contributed by atoms with Crippen LogP contribution in [0.3, 0.4) is 0 Å². The lowest BCUT2D eigenvalue weighted by molar-refractivity contribution is 0.100. The maximum absolute atomic E-state index is 11.6. The van der Waals surface area contributed by atoms with Crippen molar-refractivity contribution in [3.05, 3.63) is 64.2 Å². The summed E-state index contributed by atoms with van der Waals surface area (Å²) in [6, 6.07) is 12.9. The molecule has 0 radical (unpaired) electrons. The summed E-state index contributed by atoms with van der Waals surface area (Å²) in [6.45, 7) is 2.09. The summed E-state index contributed by atoms with van der Waals surface area (Å²) >= 11 is 5.99. The Morgan fingerprint density at radius 1 is 1.24 bits per heavy atom. The number of carbonyl (C=O) groups excluding carboxylic acids is 1. The molecule has 2 aromatic rings. The minimum absolute atomic E-state index is 0.224. The van der Waals surface area contributed by atoms with Gasteiger partial charge in [0.2, 0.25) is 0 Å². The second-order valence-electron chi connectivity index (χ2n) is 4.59. The molecule has 0 aliphatic rings. The van der Waals surface area contributed by atoms with Crippen molar-refractivity contribution in [2.75, 3.05) is 0 Å². The molecule has 0 spiro atoms. The van der Waals surface area contributed by atoms with E-state index < -0.39 is 5.91 Å². The van der Waals surface area contributed by atoms with Crippen molar-refractivity contribution in [3.8, 4) is 0 Å². The maximum Gasteiger partial charge on any atom is 0.250 e. The number of primary amides is 1. The van der Waals surface area contributed by atoms with Gasteiger partial charge in [-0.1, -0.05) is 41.9 Å². The quantitative estimate of drug-likeness (QED) is 0.851. The van der Waals surface area contributed by atoms with E-state index in [1.165, 1.54) is 6.07 Å². The Morgan fingerprint density at radius 2 is 1.90 bits per heavy atom. The number of nitrogens with two attached hydrogens (primary N) is 2. The molecular formula is C16H16ClN3O. The minimum Gasteiger partial charge on any atom is -0.366 e. The van der Waals surface area contributed by atoms with Crippen molar-refractivity contribution in [3.63, 3.8) is 0 Å². The van der Waals surface area contributed by atoms with Crippen LogP contribution in [0.4, 0.5) is 5.69 Å². The third kappa shape index (κ3) is 3.48. The summed E-state index contributed by atoms with van der Waals surface area (Å²) in [6.07, 6.45) is 0. The van der Waals surface area contributed by atoms with Crippen LogP contribution in [0, 0.1) is 0 Å². The number of halogens is 1. The Kier molecular flexibility index (Phi) is 4.73. The number of hydrogen-bond acceptors (Lipinski definition) is 3. The molecule has 4 nitrogen and oxygen atoms in total. The molecule has 0 aromatic heterocycles. The number of nitrogens with zero attached hydrogens (tertiary/aromatic N) is 1. The second kappa shape index (κ2) is 6.52. The average Bonchev–Trinajstić information content (AvgIpc) is 2.49. The van der Waals surface area contributed by atoms with Gasteiger partial charge < -0.3 is 11.5 Å².